The van der Waals surface area contributed by atoms with Crippen molar-refractivity contribution in [2.24, 2.45) is 17.6 Å². The predicted molar refractivity (Wildman–Crippen MR) is 166 cm³/mol. The molecule has 2 heterocycles. The average Bonchev–Trinajstić information content (AvgIpc) is 3.35. The molecule has 0 bridgehead atoms. The van der Waals surface area contributed by atoms with Crippen LogP contribution in [-0.4, -0.2) is 50.7 Å². The van der Waals surface area contributed by atoms with Crippen molar-refractivity contribution in [2.75, 3.05) is 18.9 Å². The van der Waals surface area contributed by atoms with Crippen LogP contribution in [0, 0.1) is 11.8 Å². The summed E-state index contributed by atoms with van der Waals surface area (Å²) in [5.74, 6) is -0.949. The van der Waals surface area contributed by atoms with Gasteiger partial charge in [0.15, 0.2) is 11.2 Å². The number of esters is 2. The van der Waals surface area contributed by atoms with Crippen molar-refractivity contribution >= 4 is 29.1 Å². The number of hydrogen-bond donors (Lipinski definition) is 3. The van der Waals surface area contributed by atoms with Gasteiger partial charge in [-0.3, -0.25) is 19.4 Å². The molecule has 5 N–H and O–H groups in total. The lowest BCUT2D eigenvalue weighted by molar-refractivity contribution is -0.149. The maximum atomic E-state index is 12.5. The maximum absolute atomic E-state index is 12.5. The van der Waals surface area contributed by atoms with Gasteiger partial charge in [-0.1, -0.05) is 97.8 Å². The molecule has 0 saturated carbocycles. The number of nitrogens with two attached hydrogens (primary N) is 2. The molecule has 0 aliphatic rings. The minimum Gasteiger partial charge on any atom is -0.465 e. The summed E-state index contributed by atoms with van der Waals surface area (Å²) in [7, 11) is 0. The van der Waals surface area contributed by atoms with Gasteiger partial charge in [-0.25, -0.2) is 4.98 Å². The van der Waals surface area contributed by atoms with Gasteiger partial charge in [0.25, 0.3) is 5.56 Å². The minimum atomic E-state index is -0.696. The first-order chi connectivity index (χ1) is 20.2. The lowest BCUT2D eigenvalue weighted by atomic mass is 10.0. The molecule has 11 heteroatoms. The van der Waals surface area contributed by atoms with E-state index in [0.717, 1.165) is 19.3 Å². The van der Waals surface area contributed by atoms with Gasteiger partial charge in [0.1, 0.15) is 6.04 Å². The third-order valence-corrected chi connectivity index (χ3v) is 7.67. The molecule has 42 heavy (non-hydrogen) atoms. The Morgan fingerprint density at radius 2 is 1.55 bits per heavy atom. The van der Waals surface area contributed by atoms with Crippen molar-refractivity contribution in [3.8, 4) is 0 Å². The van der Waals surface area contributed by atoms with Crippen LogP contribution in [0.25, 0.3) is 11.2 Å². The molecule has 0 spiro atoms. The quantitative estimate of drug-likeness (QED) is 0.115. The molecule has 2 aromatic rings. The second-order valence-electron chi connectivity index (χ2n) is 11.8. The SMILES string of the molecule is CCCCCCCCCCCCCCCC(=O)OCC(CCOC(=O)[C@@H](N)C(C)C)Cn1cnc2c(=O)[nH]c(N)nc21. The summed E-state index contributed by atoms with van der Waals surface area (Å²) in [5, 5.41) is 0. The Balaban J connectivity index is 1.74. The second-order valence-corrected chi connectivity index (χ2v) is 11.8. The number of rotatable bonds is 23. The van der Waals surface area contributed by atoms with Gasteiger partial charge in [0.05, 0.1) is 19.5 Å². The number of carbonyl (C=O) groups is 2. The van der Waals surface area contributed by atoms with E-state index in [0.29, 0.717) is 25.0 Å². The van der Waals surface area contributed by atoms with Gasteiger partial charge in [-0.05, 0) is 18.8 Å². The van der Waals surface area contributed by atoms with E-state index in [2.05, 4.69) is 21.9 Å². The number of fused-ring (bicyclic) bond motifs is 1. The molecule has 2 rings (SSSR count). The number of imidazole rings is 1. The Hall–Kier alpha value is -2.95. The number of anilines is 1. The molecule has 2 atom stereocenters. The number of aromatic nitrogens is 4. The normalized spacial score (nSPS) is 13.0. The highest BCUT2D eigenvalue weighted by Crippen LogP contribution is 2.16. The van der Waals surface area contributed by atoms with Gasteiger partial charge < -0.3 is 25.5 Å². The maximum Gasteiger partial charge on any atom is 0.323 e. The molecule has 0 amide bonds. The highest BCUT2D eigenvalue weighted by molar-refractivity contribution is 5.75. The molecule has 2 aromatic heterocycles. The number of nitrogens with one attached hydrogen (secondary N) is 1. The number of hydrogen-bond acceptors (Lipinski definition) is 9. The van der Waals surface area contributed by atoms with Crippen LogP contribution in [-0.2, 0) is 25.6 Å². The van der Waals surface area contributed by atoms with Crippen molar-refractivity contribution in [2.45, 2.75) is 130 Å². The molecule has 238 valence electrons. The van der Waals surface area contributed by atoms with Crippen molar-refractivity contribution in [1.82, 2.24) is 19.5 Å². The van der Waals surface area contributed by atoms with E-state index in [4.69, 9.17) is 20.9 Å². The van der Waals surface area contributed by atoms with Crippen molar-refractivity contribution in [1.29, 1.82) is 0 Å². The molecule has 11 nitrogen and oxygen atoms in total. The highest BCUT2D eigenvalue weighted by Gasteiger charge is 2.21. The first-order valence-electron chi connectivity index (χ1n) is 16.0. The Labute approximate surface area is 250 Å². The summed E-state index contributed by atoms with van der Waals surface area (Å²) in [4.78, 5) is 47.6. The molecule has 0 aliphatic carbocycles. The highest BCUT2D eigenvalue weighted by atomic mass is 16.5. The number of unbranched alkanes of at least 4 members (excludes halogenated alkanes) is 12. The third kappa shape index (κ3) is 13.4. The van der Waals surface area contributed by atoms with Gasteiger partial charge in [-0.15, -0.1) is 0 Å². The van der Waals surface area contributed by atoms with E-state index >= 15 is 0 Å². The third-order valence-electron chi connectivity index (χ3n) is 7.67. The number of nitrogens with zero attached hydrogens (tertiary/aromatic N) is 3. The zero-order chi connectivity index (χ0) is 30.7. The van der Waals surface area contributed by atoms with Gasteiger partial charge in [0, 0.05) is 18.9 Å². The molecular formula is C31H54N6O5. The van der Waals surface area contributed by atoms with Crippen molar-refractivity contribution < 1.29 is 19.1 Å². The molecule has 0 fully saturated rings. The average molecular weight is 591 g/mol. The molecule has 0 radical (unpaired) electrons. The monoisotopic (exact) mass is 590 g/mol. The number of ether oxygens (including phenoxy) is 2. The zero-order valence-electron chi connectivity index (χ0n) is 26.1. The summed E-state index contributed by atoms with van der Waals surface area (Å²) in [5.41, 5.74) is 11.7. The number of H-pyrrole nitrogens is 1. The summed E-state index contributed by atoms with van der Waals surface area (Å²) in [6, 6.07) is -0.696. The van der Waals surface area contributed by atoms with Crippen LogP contribution in [0.4, 0.5) is 5.95 Å². The van der Waals surface area contributed by atoms with E-state index in [1.54, 1.807) is 4.57 Å². The number of nitrogen functional groups attached to an aromatic ring is 1. The molecule has 0 aromatic carbocycles. The first kappa shape index (κ1) is 35.2. The van der Waals surface area contributed by atoms with Gasteiger partial charge in [-0.2, -0.15) is 4.98 Å². The smallest absolute Gasteiger partial charge is 0.323 e. The van der Waals surface area contributed by atoms with E-state index in [-0.39, 0.29) is 42.5 Å². The van der Waals surface area contributed by atoms with Crippen LogP contribution >= 0.6 is 0 Å². The molecule has 0 saturated heterocycles. The lowest BCUT2D eigenvalue weighted by Crippen LogP contribution is -2.37. The minimum absolute atomic E-state index is 0.00774. The van der Waals surface area contributed by atoms with Gasteiger partial charge >= 0.3 is 11.9 Å². The van der Waals surface area contributed by atoms with E-state index in [1.165, 1.54) is 70.5 Å². The molecular weight excluding hydrogens is 536 g/mol. The van der Waals surface area contributed by atoms with E-state index in [1.807, 2.05) is 13.8 Å². The number of aromatic amines is 1. The molecule has 1 unspecified atom stereocenters. The topological polar surface area (TPSA) is 168 Å². The van der Waals surface area contributed by atoms with Crippen LogP contribution in [0.15, 0.2) is 11.1 Å². The molecule has 0 aliphatic heterocycles. The van der Waals surface area contributed by atoms with Crippen LogP contribution in [0.5, 0.6) is 0 Å². The predicted octanol–water partition coefficient (Wildman–Crippen LogP) is 5.26. The van der Waals surface area contributed by atoms with Crippen LogP contribution in [0.1, 0.15) is 117 Å². The summed E-state index contributed by atoms with van der Waals surface area (Å²) in [6.45, 7) is 6.59. The Morgan fingerprint density at radius 3 is 2.14 bits per heavy atom. The number of carbonyl (C=O) groups excluding carboxylic acids is 2. The fourth-order valence-electron chi connectivity index (χ4n) is 4.87. The zero-order valence-corrected chi connectivity index (χ0v) is 26.1. The standard InChI is InChI=1S/C31H54N6O5/c1-4-5-6-7-8-9-10-11-12-13-14-15-16-17-25(38)42-21-24(18-19-41-30(40)26(32)23(2)3)20-37-22-34-27-28(37)35-31(33)36-29(27)39/h22-24,26H,4-21,32H2,1-3H3,(H3,33,35,36,39)/t24?,26-/m0/s1. The van der Waals surface area contributed by atoms with E-state index in [9.17, 15) is 14.4 Å². The van der Waals surface area contributed by atoms with Crippen LogP contribution < -0.4 is 17.0 Å². The first-order valence-corrected chi connectivity index (χ1v) is 16.0. The summed E-state index contributed by atoms with van der Waals surface area (Å²) in [6.07, 6.45) is 18.5. The Bertz CT molecular complexity index is 1110. The summed E-state index contributed by atoms with van der Waals surface area (Å²) >= 11 is 0. The van der Waals surface area contributed by atoms with Crippen molar-refractivity contribution in [3.63, 3.8) is 0 Å². The summed E-state index contributed by atoms with van der Waals surface area (Å²) < 4.78 is 12.7. The fourth-order valence-corrected chi connectivity index (χ4v) is 4.87. The largest absolute Gasteiger partial charge is 0.465 e. The van der Waals surface area contributed by atoms with E-state index < -0.39 is 17.6 Å². The fraction of sp³-hybridized carbons (Fsp3) is 0.774. The van der Waals surface area contributed by atoms with Crippen molar-refractivity contribution in [3.05, 3.63) is 16.7 Å². The lowest BCUT2D eigenvalue weighted by Gasteiger charge is -2.19. The van der Waals surface area contributed by atoms with Crippen LogP contribution in [0.2, 0.25) is 0 Å². The van der Waals surface area contributed by atoms with Crippen LogP contribution in [0.3, 0.4) is 0 Å². The second kappa shape index (κ2) is 20.0. The van der Waals surface area contributed by atoms with Gasteiger partial charge in [0.2, 0.25) is 5.95 Å². The Kier molecular flexibility index (Phi) is 16.8. The Morgan fingerprint density at radius 1 is 0.952 bits per heavy atom.